The van der Waals surface area contributed by atoms with Crippen molar-refractivity contribution in [1.82, 2.24) is 4.98 Å². The Labute approximate surface area is 89.2 Å². The average Bonchev–Trinajstić information content (AvgIpc) is 2.17. The number of rotatable bonds is 4. The van der Waals surface area contributed by atoms with Gasteiger partial charge in [0, 0.05) is 11.9 Å². The number of hydrogen-bond acceptors (Lipinski definition) is 4. The van der Waals surface area contributed by atoms with E-state index in [0.717, 1.165) is 5.69 Å². The van der Waals surface area contributed by atoms with E-state index in [1.807, 2.05) is 6.92 Å². The average molecular weight is 213 g/mol. The maximum atomic E-state index is 9.73. The fourth-order valence-electron chi connectivity index (χ4n) is 1.26. The molecular weight excluding hydrogens is 198 g/mol. The molecule has 0 aliphatic heterocycles. The van der Waals surface area contributed by atoms with Gasteiger partial charge in [-0.05, 0) is 36.8 Å². The Morgan fingerprint density at radius 2 is 2.21 bits per heavy atom. The lowest BCUT2D eigenvalue weighted by Crippen LogP contribution is -2.18. The molecule has 0 radical (unpaired) electrons. The van der Waals surface area contributed by atoms with Gasteiger partial charge in [0.1, 0.15) is 6.10 Å². The Hall–Kier alpha value is -0.580. The summed E-state index contributed by atoms with van der Waals surface area (Å²) in [6.45, 7) is 1.85. The Kier molecular flexibility index (Phi) is 4.38. The maximum Gasteiger partial charge on any atom is 0.105 e. The summed E-state index contributed by atoms with van der Waals surface area (Å²) in [5.41, 5.74) is 1.53. The van der Waals surface area contributed by atoms with Crippen molar-refractivity contribution in [1.29, 1.82) is 0 Å². The number of nitrogens with zero attached hydrogens (tertiary/aromatic N) is 1. The largest absolute Gasteiger partial charge is 0.390 e. The predicted octanol–water partition coefficient (Wildman–Crippen LogP) is 1.10. The molecular formula is C10H15NO2S. The lowest BCUT2D eigenvalue weighted by Gasteiger charge is -2.17. The molecule has 0 spiro atoms. The summed E-state index contributed by atoms with van der Waals surface area (Å²) < 4.78 is 0. The first kappa shape index (κ1) is 11.5. The molecule has 0 aliphatic rings. The van der Waals surface area contributed by atoms with E-state index in [4.69, 9.17) is 0 Å². The van der Waals surface area contributed by atoms with Crippen molar-refractivity contribution in [2.45, 2.75) is 25.6 Å². The zero-order valence-electron chi connectivity index (χ0n) is 8.09. The fraction of sp³-hybridized carbons (Fsp3) is 0.500. The molecule has 78 valence electrons. The summed E-state index contributed by atoms with van der Waals surface area (Å²) >= 11 is 4.00. The van der Waals surface area contributed by atoms with Crippen LogP contribution in [0.15, 0.2) is 18.3 Å². The molecule has 0 aliphatic carbocycles. The first-order valence-corrected chi connectivity index (χ1v) is 5.18. The van der Waals surface area contributed by atoms with Crippen LogP contribution in [0.2, 0.25) is 0 Å². The first-order valence-electron chi connectivity index (χ1n) is 4.54. The Balaban J connectivity index is 2.73. The third-order valence-electron chi connectivity index (χ3n) is 2.05. The molecule has 0 saturated carbocycles. The van der Waals surface area contributed by atoms with Crippen LogP contribution in [-0.2, 0) is 0 Å². The van der Waals surface area contributed by atoms with E-state index >= 15 is 0 Å². The van der Waals surface area contributed by atoms with Crippen molar-refractivity contribution in [2.75, 3.05) is 5.75 Å². The van der Waals surface area contributed by atoms with Crippen LogP contribution >= 0.6 is 12.6 Å². The Morgan fingerprint density at radius 1 is 1.50 bits per heavy atom. The highest BCUT2D eigenvalue weighted by atomic mass is 32.1. The van der Waals surface area contributed by atoms with Gasteiger partial charge in [-0.15, -0.1) is 0 Å². The van der Waals surface area contributed by atoms with Crippen molar-refractivity contribution in [2.24, 2.45) is 0 Å². The van der Waals surface area contributed by atoms with Crippen molar-refractivity contribution in [3.63, 3.8) is 0 Å². The number of thiol groups is 1. The SMILES string of the molecule is Cc1cc(C(O)C(O)CCS)ccn1. The number of aliphatic hydroxyl groups excluding tert-OH is 2. The van der Waals surface area contributed by atoms with Gasteiger partial charge in [0.25, 0.3) is 0 Å². The van der Waals surface area contributed by atoms with E-state index in [1.54, 1.807) is 18.3 Å². The van der Waals surface area contributed by atoms with Crippen LogP contribution in [0.25, 0.3) is 0 Å². The molecule has 2 unspecified atom stereocenters. The first-order chi connectivity index (χ1) is 6.65. The van der Waals surface area contributed by atoms with Crippen LogP contribution in [-0.4, -0.2) is 27.1 Å². The van der Waals surface area contributed by atoms with Crippen molar-refractivity contribution in [3.05, 3.63) is 29.6 Å². The summed E-state index contributed by atoms with van der Waals surface area (Å²) in [6, 6.07) is 3.48. The lowest BCUT2D eigenvalue weighted by atomic mass is 10.0. The second-order valence-electron chi connectivity index (χ2n) is 3.26. The molecule has 2 atom stereocenters. The third kappa shape index (κ3) is 2.97. The Bertz CT molecular complexity index is 293. The molecule has 0 saturated heterocycles. The quantitative estimate of drug-likeness (QED) is 0.657. The van der Waals surface area contributed by atoms with Crippen LogP contribution in [0.1, 0.15) is 23.8 Å². The highest BCUT2D eigenvalue weighted by molar-refractivity contribution is 7.80. The van der Waals surface area contributed by atoms with Gasteiger partial charge >= 0.3 is 0 Å². The standard InChI is InChI=1S/C10H15NO2S/c1-7-6-8(2-4-11-7)10(13)9(12)3-5-14/h2,4,6,9-10,12-14H,3,5H2,1H3. The topological polar surface area (TPSA) is 53.4 Å². The molecule has 2 N–H and O–H groups in total. The zero-order chi connectivity index (χ0) is 10.6. The normalized spacial score (nSPS) is 15.1. The molecule has 1 aromatic heterocycles. The fourth-order valence-corrected chi connectivity index (χ4v) is 1.53. The smallest absolute Gasteiger partial charge is 0.105 e. The molecule has 1 heterocycles. The van der Waals surface area contributed by atoms with Gasteiger partial charge in [0.2, 0.25) is 0 Å². The van der Waals surface area contributed by atoms with Crippen LogP contribution in [0.4, 0.5) is 0 Å². The minimum absolute atomic E-state index is 0.478. The van der Waals surface area contributed by atoms with Crippen LogP contribution < -0.4 is 0 Å². The molecule has 14 heavy (non-hydrogen) atoms. The second-order valence-corrected chi connectivity index (χ2v) is 3.70. The zero-order valence-corrected chi connectivity index (χ0v) is 8.98. The highest BCUT2D eigenvalue weighted by Gasteiger charge is 2.17. The number of aromatic nitrogens is 1. The van der Waals surface area contributed by atoms with E-state index in [-0.39, 0.29) is 0 Å². The van der Waals surface area contributed by atoms with Gasteiger partial charge in [-0.2, -0.15) is 12.6 Å². The van der Waals surface area contributed by atoms with Gasteiger partial charge < -0.3 is 10.2 Å². The van der Waals surface area contributed by atoms with Gasteiger partial charge in [-0.1, -0.05) is 0 Å². The number of hydrogen-bond donors (Lipinski definition) is 3. The van der Waals surface area contributed by atoms with E-state index in [9.17, 15) is 10.2 Å². The molecule has 0 bridgehead atoms. The molecule has 4 heteroatoms. The molecule has 0 fully saturated rings. The van der Waals surface area contributed by atoms with Gasteiger partial charge in [0.05, 0.1) is 6.10 Å². The van der Waals surface area contributed by atoms with Crippen molar-refractivity contribution < 1.29 is 10.2 Å². The number of aliphatic hydroxyl groups is 2. The third-order valence-corrected chi connectivity index (χ3v) is 2.31. The monoisotopic (exact) mass is 213 g/mol. The summed E-state index contributed by atoms with van der Waals surface area (Å²) in [5, 5.41) is 19.3. The maximum absolute atomic E-state index is 9.73. The van der Waals surface area contributed by atoms with E-state index in [2.05, 4.69) is 17.6 Å². The summed E-state index contributed by atoms with van der Waals surface area (Å²) in [5.74, 6) is 0.558. The van der Waals surface area contributed by atoms with Crippen LogP contribution in [0, 0.1) is 6.92 Å². The van der Waals surface area contributed by atoms with Gasteiger partial charge in [-0.25, -0.2) is 0 Å². The summed E-state index contributed by atoms with van der Waals surface area (Å²) in [4.78, 5) is 4.02. The van der Waals surface area contributed by atoms with Crippen LogP contribution in [0.3, 0.4) is 0 Å². The van der Waals surface area contributed by atoms with Crippen molar-refractivity contribution in [3.8, 4) is 0 Å². The molecule has 1 aromatic rings. The second kappa shape index (κ2) is 5.34. The highest BCUT2D eigenvalue weighted by Crippen LogP contribution is 2.19. The molecule has 0 amide bonds. The molecule has 3 nitrogen and oxygen atoms in total. The molecule has 0 aromatic carbocycles. The molecule has 1 rings (SSSR count). The summed E-state index contributed by atoms with van der Waals surface area (Å²) in [6.07, 6.45) is 0.505. The Morgan fingerprint density at radius 3 is 2.79 bits per heavy atom. The predicted molar refractivity (Wildman–Crippen MR) is 58.4 cm³/mol. The minimum Gasteiger partial charge on any atom is -0.390 e. The lowest BCUT2D eigenvalue weighted by molar-refractivity contribution is 0.0171. The van der Waals surface area contributed by atoms with Crippen molar-refractivity contribution >= 4 is 12.6 Å². The van der Waals surface area contributed by atoms with Gasteiger partial charge in [-0.3, -0.25) is 4.98 Å². The van der Waals surface area contributed by atoms with Crippen LogP contribution in [0.5, 0.6) is 0 Å². The van der Waals surface area contributed by atoms with E-state index < -0.39 is 12.2 Å². The minimum atomic E-state index is -0.844. The summed E-state index contributed by atoms with van der Waals surface area (Å²) in [7, 11) is 0. The number of pyridine rings is 1. The number of aryl methyl sites for hydroxylation is 1. The van der Waals surface area contributed by atoms with Gasteiger partial charge in [0.15, 0.2) is 0 Å². The van der Waals surface area contributed by atoms with E-state index in [1.165, 1.54) is 0 Å². The van der Waals surface area contributed by atoms with E-state index in [0.29, 0.717) is 17.7 Å².